The maximum atomic E-state index is 13.3. The second kappa shape index (κ2) is 10.3. The van der Waals surface area contributed by atoms with Crippen molar-refractivity contribution in [3.63, 3.8) is 0 Å². The number of nitrogens with zero attached hydrogens (tertiary/aromatic N) is 1. The molecule has 0 fully saturated rings. The van der Waals surface area contributed by atoms with E-state index in [1.54, 1.807) is 42.5 Å². The van der Waals surface area contributed by atoms with Gasteiger partial charge in [0.25, 0.3) is 0 Å². The third-order valence-electron chi connectivity index (χ3n) is 4.73. The zero-order chi connectivity index (χ0) is 24.1. The molecule has 1 aromatic heterocycles. The second-order valence-electron chi connectivity index (χ2n) is 7.42. The molecule has 1 heterocycles. The van der Waals surface area contributed by atoms with Crippen LogP contribution in [0.1, 0.15) is 47.1 Å². The van der Waals surface area contributed by atoms with Crippen LogP contribution in [0.5, 0.6) is 0 Å². The summed E-state index contributed by atoms with van der Waals surface area (Å²) in [5, 5.41) is 13.2. The highest BCUT2D eigenvalue weighted by atomic mass is 35.5. The van der Waals surface area contributed by atoms with Crippen LogP contribution in [0, 0.1) is 5.41 Å². The largest absolute Gasteiger partial charge is 0.382 e. The van der Waals surface area contributed by atoms with Crippen molar-refractivity contribution in [1.82, 2.24) is 4.98 Å². The number of hydrogen-bond donors (Lipinski definition) is 5. The molecular formula is C23H22Cl2N6O2. The summed E-state index contributed by atoms with van der Waals surface area (Å²) in [4.78, 5) is 32.6. The number of amides is 2. The summed E-state index contributed by atoms with van der Waals surface area (Å²) in [6, 6.07) is 12.4. The van der Waals surface area contributed by atoms with Gasteiger partial charge in [0.1, 0.15) is 12.2 Å². The minimum absolute atomic E-state index is 0.0359. The number of amidine groups is 1. The number of aromatic nitrogens is 1. The molecule has 2 aromatic carbocycles. The van der Waals surface area contributed by atoms with Crippen LogP contribution in [0.4, 0.5) is 16.2 Å². The van der Waals surface area contributed by atoms with E-state index < -0.39 is 6.03 Å². The molecule has 6 N–H and O–H groups in total. The quantitative estimate of drug-likeness (QED) is 0.168. The summed E-state index contributed by atoms with van der Waals surface area (Å²) in [5.41, 5.74) is 8.59. The van der Waals surface area contributed by atoms with E-state index in [0.717, 1.165) is 12.0 Å². The molecule has 0 aliphatic carbocycles. The Morgan fingerprint density at radius 2 is 1.88 bits per heavy atom. The fourth-order valence-electron chi connectivity index (χ4n) is 3.07. The average Bonchev–Trinajstić information content (AvgIpc) is 3.21. The number of nitrogens with two attached hydrogens (primary N) is 1. The Morgan fingerprint density at radius 1 is 1.12 bits per heavy atom. The lowest BCUT2D eigenvalue weighted by Gasteiger charge is -2.10. The average molecular weight is 485 g/mol. The normalized spacial score (nSPS) is 11.4. The fraction of sp³-hybridized carbons (Fsp3) is 0.130. The lowest BCUT2D eigenvalue weighted by molar-refractivity contribution is 0.103. The van der Waals surface area contributed by atoms with Gasteiger partial charge in [-0.1, -0.05) is 49.2 Å². The van der Waals surface area contributed by atoms with Gasteiger partial charge < -0.3 is 21.4 Å². The van der Waals surface area contributed by atoms with E-state index in [-0.39, 0.29) is 17.5 Å². The molecule has 2 amide bonds. The molecule has 0 spiro atoms. The van der Waals surface area contributed by atoms with Crippen molar-refractivity contribution in [2.75, 3.05) is 10.6 Å². The summed E-state index contributed by atoms with van der Waals surface area (Å²) in [6.45, 7) is 3.95. The number of ketones is 1. The van der Waals surface area contributed by atoms with Crippen LogP contribution in [-0.2, 0) is 0 Å². The van der Waals surface area contributed by atoms with Crippen LogP contribution < -0.4 is 16.4 Å². The van der Waals surface area contributed by atoms with Gasteiger partial charge in [-0.15, -0.1) is 0 Å². The summed E-state index contributed by atoms with van der Waals surface area (Å²) in [6.07, 6.45) is 0.815. The van der Waals surface area contributed by atoms with Crippen LogP contribution >= 0.6 is 23.2 Å². The Bertz CT molecular complexity index is 1250. The number of carbonyl (C=O) groups excluding carboxylic acids is 2. The molecule has 33 heavy (non-hydrogen) atoms. The van der Waals surface area contributed by atoms with Gasteiger partial charge in [-0.2, -0.15) is 0 Å². The molecule has 3 aromatic rings. The first-order valence-electron chi connectivity index (χ1n) is 9.93. The molecule has 0 atom stereocenters. The molecule has 8 nitrogen and oxygen atoms in total. The van der Waals surface area contributed by atoms with Gasteiger partial charge in [-0.25, -0.2) is 9.79 Å². The number of aromatic amines is 1. The number of anilines is 2. The summed E-state index contributed by atoms with van der Waals surface area (Å²) < 4.78 is 0. The molecule has 0 aliphatic rings. The van der Waals surface area contributed by atoms with Gasteiger partial charge in [-0.3, -0.25) is 10.2 Å². The van der Waals surface area contributed by atoms with E-state index in [2.05, 4.69) is 20.6 Å². The standard InChI is InChI=1S/C23H22Cl2N6O2/c1-12(2)19-10-16(20(30-19)22(27)28-11-26)21(32)13-4-3-5-15(8-13)29-23(33)31-18-7-6-14(24)9-17(18)25/h3-12,30H,1-2H3,(H3,26,27,28)(H2,29,31,33). The van der Waals surface area contributed by atoms with E-state index in [0.29, 0.717) is 38.2 Å². The second-order valence-corrected chi connectivity index (χ2v) is 8.27. The third kappa shape index (κ3) is 5.79. The smallest absolute Gasteiger partial charge is 0.323 e. The number of carbonyl (C=O) groups is 2. The summed E-state index contributed by atoms with van der Waals surface area (Å²) in [7, 11) is 0. The summed E-state index contributed by atoms with van der Waals surface area (Å²) in [5.74, 6) is -0.149. The lowest BCUT2D eigenvalue weighted by atomic mass is 10.0. The number of aliphatic imine (C=N–C) groups is 1. The molecule has 0 unspecified atom stereocenters. The zero-order valence-corrected chi connectivity index (χ0v) is 19.4. The number of urea groups is 1. The van der Waals surface area contributed by atoms with Crippen LogP contribution in [0.2, 0.25) is 10.0 Å². The van der Waals surface area contributed by atoms with Gasteiger partial charge in [-0.05, 0) is 42.3 Å². The monoisotopic (exact) mass is 484 g/mol. The van der Waals surface area contributed by atoms with Crippen LogP contribution in [0.3, 0.4) is 0 Å². The van der Waals surface area contributed by atoms with Crippen LogP contribution in [-0.4, -0.2) is 29.0 Å². The van der Waals surface area contributed by atoms with Gasteiger partial charge in [0.15, 0.2) is 5.78 Å². The minimum Gasteiger partial charge on any atom is -0.382 e. The van der Waals surface area contributed by atoms with E-state index in [1.807, 2.05) is 13.8 Å². The Morgan fingerprint density at radius 3 is 2.55 bits per heavy atom. The Labute approximate surface area is 200 Å². The number of H-pyrrole nitrogens is 1. The van der Waals surface area contributed by atoms with Crippen LogP contribution in [0.25, 0.3) is 0 Å². The van der Waals surface area contributed by atoms with Gasteiger partial charge in [0, 0.05) is 22.0 Å². The fourth-order valence-corrected chi connectivity index (χ4v) is 3.53. The first-order valence-corrected chi connectivity index (χ1v) is 10.7. The Kier molecular flexibility index (Phi) is 7.52. The molecule has 0 saturated carbocycles. The molecule has 10 heteroatoms. The van der Waals surface area contributed by atoms with E-state index >= 15 is 0 Å². The first-order chi connectivity index (χ1) is 15.7. The SMILES string of the molecule is CC(C)c1cc(C(=O)c2cccc(NC(=O)Nc3ccc(Cl)cc3Cl)c2)c(C(N)=NC=N)[nH]1. The maximum Gasteiger partial charge on any atom is 0.323 e. The van der Waals surface area contributed by atoms with E-state index in [1.165, 1.54) is 6.07 Å². The van der Waals surface area contributed by atoms with E-state index in [4.69, 9.17) is 34.3 Å². The number of rotatable bonds is 7. The number of hydrogen-bond acceptors (Lipinski definition) is 3. The molecule has 0 aliphatic heterocycles. The molecule has 170 valence electrons. The predicted octanol–water partition coefficient (Wildman–Crippen LogP) is 5.63. The Balaban J connectivity index is 1.84. The zero-order valence-electron chi connectivity index (χ0n) is 17.9. The van der Waals surface area contributed by atoms with Crippen molar-refractivity contribution in [1.29, 1.82) is 5.41 Å². The molecular weight excluding hydrogens is 463 g/mol. The van der Waals surface area contributed by atoms with Crippen molar-refractivity contribution in [3.8, 4) is 0 Å². The maximum absolute atomic E-state index is 13.3. The van der Waals surface area contributed by atoms with Crippen molar-refractivity contribution in [2.45, 2.75) is 19.8 Å². The highest BCUT2D eigenvalue weighted by molar-refractivity contribution is 6.36. The van der Waals surface area contributed by atoms with Crippen molar-refractivity contribution in [3.05, 3.63) is 81.1 Å². The molecule has 0 bridgehead atoms. The van der Waals surface area contributed by atoms with Crippen molar-refractivity contribution in [2.24, 2.45) is 10.7 Å². The highest BCUT2D eigenvalue weighted by Crippen LogP contribution is 2.26. The molecule has 0 saturated heterocycles. The highest BCUT2D eigenvalue weighted by Gasteiger charge is 2.21. The van der Waals surface area contributed by atoms with Crippen LogP contribution in [0.15, 0.2) is 53.5 Å². The molecule has 0 radical (unpaired) electrons. The van der Waals surface area contributed by atoms with Gasteiger partial charge >= 0.3 is 6.03 Å². The third-order valence-corrected chi connectivity index (χ3v) is 5.27. The number of halogens is 2. The minimum atomic E-state index is -0.532. The topological polar surface area (TPSA) is 136 Å². The first kappa shape index (κ1) is 24.0. The summed E-state index contributed by atoms with van der Waals surface area (Å²) >= 11 is 12.0. The van der Waals surface area contributed by atoms with Crippen molar-refractivity contribution < 1.29 is 9.59 Å². The predicted molar refractivity (Wildman–Crippen MR) is 133 cm³/mol. The Hall–Kier alpha value is -3.62. The molecule has 3 rings (SSSR count). The van der Waals surface area contributed by atoms with Gasteiger partial charge in [0.2, 0.25) is 0 Å². The van der Waals surface area contributed by atoms with Crippen molar-refractivity contribution >= 4 is 58.6 Å². The van der Waals surface area contributed by atoms with Gasteiger partial charge in [0.05, 0.1) is 22.0 Å². The number of benzene rings is 2. The van der Waals surface area contributed by atoms with E-state index in [9.17, 15) is 9.59 Å². The number of nitrogens with one attached hydrogen (secondary N) is 4. The lowest BCUT2D eigenvalue weighted by Crippen LogP contribution is -2.20.